The zero-order valence-corrected chi connectivity index (χ0v) is 15.1. The van der Waals surface area contributed by atoms with Gasteiger partial charge in [-0.25, -0.2) is 0 Å². The fourth-order valence-corrected chi connectivity index (χ4v) is 3.59. The standard InChI is InChI=1S/C20H32N2O2/c1-15-8-10-16(11-9-15)12-13-22-20(23)19(24-2)18(21)14-17-6-4-3-5-7-17/h8-11,17-19H,3-7,12-14,21H2,1-2H3,(H,22,23)/t18-,19?/m1/s1. The molecule has 0 bridgehead atoms. The summed E-state index contributed by atoms with van der Waals surface area (Å²) in [6, 6.07) is 8.16. The second-order valence-corrected chi connectivity index (χ2v) is 7.09. The van der Waals surface area contributed by atoms with E-state index in [1.165, 1.54) is 43.2 Å². The number of aryl methyl sites for hydroxylation is 1. The third-order valence-corrected chi connectivity index (χ3v) is 5.06. The molecule has 134 valence electrons. The van der Waals surface area contributed by atoms with E-state index >= 15 is 0 Å². The first-order valence-electron chi connectivity index (χ1n) is 9.21. The minimum Gasteiger partial charge on any atom is -0.370 e. The average molecular weight is 332 g/mol. The molecule has 0 aromatic heterocycles. The van der Waals surface area contributed by atoms with Gasteiger partial charge < -0.3 is 15.8 Å². The van der Waals surface area contributed by atoms with Gasteiger partial charge in [-0.15, -0.1) is 0 Å². The van der Waals surface area contributed by atoms with Crippen LogP contribution in [0.25, 0.3) is 0 Å². The second-order valence-electron chi connectivity index (χ2n) is 7.09. The van der Waals surface area contributed by atoms with Crippen molar-refractivity contribution in [3.8, 4) is 0 Å². The molecule has 0 spiro atoms. The molecule has 4 nitrogen and oxygen atoms in total. The SMILES string of the molecule is COC(C(=O)NCCc1ccc(C)cc1)[C@H](N)CC1CCCCC1. The Kier molecular flexibility index (Phi) is 7.73. The predicted octanol–water partition coefficient (Wildman–Crippen LogP) is 2.97. The fraction of sp³-hybridized carbons (Fsp3) is 0.650. The van der Waals surface area contributed by atoms with E-state index in [1.807, 2.05) is 0 Å². The first-order valence-corrected chi connectivity index (χ1v) is 9.21. The van der Waals surface area contributed by atoms with Crippen LogP contribution in [0.3, 0.4) is 0 Å². The maximum Gasteiger partial charge on any atom is 0.250 e. The summed E-state index contributed by atoms with van der Waals surface area (Å²) < 4.78 is 5.40. The van der Waals surface area contributed by atoms with E-state index in [2.05, 4.69) is 36.5 Å². The highest BCUT2D eigenvalue weighted by atomic mass is 16.5. The Labute approximate surface area is 146 Å². The monoisotopic (exact) mass is 332 g/mol. The van der Waals surface area contributed by atoms with Gasteiger partial charge in [0.2, 0.25) is 0 Å². The van der Waals surface area contributed by atoms with E-state index in [-0.39, 0.29) is 11.9 Å². The van der Waals surface area contributed by atoms with Crippen LogP contribution in [0.1, 0.15) is 49.7 Å². The summed E-state index contributed by atoms with van der Waals surface area (Å²) in [7, 11) is 1.57. The van der Waals surface area contributed by atoms with E-state index in [0.717, 1.165) is 12.8 Å². The van der Waals surface area contributed by atoms with Gasteiger partial charge in [0.15, 0.2) is 6.10 Å². The Balaban J connectivity index is 1.76. The van der Waals surface area contributed by atoms with Gasteiger partial charge in [0.05, 0.1) is 0 Å². The van der Waals surface area contributed by atoms with Gasteiger partial charge in [0.25, 0.3) is 5.91 Å². The molecule has 2 rings (SSSR count). The molecule has 1 amide bonds. The van der Waals surface area contributed by atoms with Crippen LogP contribution < -0.4 is 11.1 Å². The quantitative estimate of drug-likeness (QED) is 0.769. The largest absolute Gasteiger partial charge is 0.370 e. The number of amides is 1. The summed E-state index contributed by atoms with van der Waals surface area (Å²) in [4.78, 5) is 12.4. The molecule has 0 aliphatic heterocycles. The fourth-order valence-electron chi connectivity index (χ4n) is 3.59. The lowest BCUT2D eigenvalue weighted by Gasteiger charge is -2.28. The van der Waals surface area contributed by atoms with Crippen molar-refractivity contribution in [1.29, 1.82) is 0 Å². The molecule has 0 radical (unpaired) electrons. The van der Waals surface area contributed by atoms with Gasteiger partial charge in [-0.05, 0) is 31.2 Å². The van der Waals surface area contributed by atoms with Crippen LogP contribution in [-0.4, -0.2) is 31.7 Å². The van der Waals surface area contributed by atoms with Gasteiger partial charge in [0.1, 0.15) is 0 Å². The molecule has 0 heterocycles. The second kappa shape index (κ2) is 9.80. The summed E-state index contributed by atoms with van der Waals surface area (Å²) in [6.07, 6.45) is 7.53. The van der Waals surface area contributed by atoms with Crippen molar-refractivity contribution in [2.45, 2.75) is 64.0 Å². The Morgan fingerprint density at radius 1 is 1.25 bits per heavy atom. The third kappa shape index (κ3) is 5.91. The number of carbonyl (C=O) groups is 1. The van der Waals surface area contributed by atoms with Crippen LogP contribution in [0.15, 0.2) is 24.3 Å². The normalized spacial score (nSPS) is 18.1. The molecule has 1 fully saturated rings. The number of carbonyl (C=O) groups excluding carboxylic acids is 1. The van der Waals surface area contributed by atoms with E-state index in [0.29, 0.717) is 12.5 Å². The number of nitrogens with two attached hydrogens (primary N) is 1. The molecule has 1 aromatic rings. The molecular formula is C20H32N2O2. The van der Waals surface area contributed by atoms with Crippen molar-refractivity contribution in [2.75, 3.05) is 13.7 Å². The Bertz CT molecular complexity index is 495. The van der Waals surface area contributed by atoms with Crippen LogP contribution >= 0.6 is 0 Å². The molecule has 1 aliphatic rings. The topological polar surface area (TPSA) is 64.3 Å². The number of benzene rings is 1. The van der Waals surface area contributed by atoms with Gasteiger partial charge in [0, 0.05) is 19.7 Å². The van der Waals surface area contributed by atoms with Crippen LogP contribution in [0.5, 0.6) is 0 Å². The Morgan fingerprint density at radius 2 is 1.92 bits per heavy atom. The zero-order valence-electron chi connectivity index (χ0n) is 15.1. The first kappa shape index (κ1) is 18.9. The lowest BCUT2D eigenvalue weighted by molar-refractivity contribution is -0.132. The van der Waals surface area contributed by atoms with Crippen LogP contribution in [0.2, 0.25) is 0 Å². The molecule has 24 heavy (non-hydrogen) atoms. The molecule has 4 heteroatoms. The third-order valence-electron chi connectivity index (χ3n) is 5.06. The Morgan fingerprint density at radius 3 is 2.54 bits per heavy atom. The molecular weight excluding hydrogens is 300 g/mol. The lowest BCUT2D eigenvalue weighted by atomic mass is 9.84. The molecule has 1 aromatic carbocycles. The summed E-state index contributed by atoms with van der Waals surface area (Å²) in [5.74, 6) is 0.555. The highest BCUT2D eigenvalue weighted by Gasteiger charge is 2.28. The zero-order chi connectivity index (χ0) is 17.4. The van der Waals surface area contributed by atoms with E-state index in [9.17, 15) is 4.79 Å². The van der Waals surface area contributed by atoms with Gasteiger partial charge in [-0.3, -0.25) is 4.79 Å². The molecule has 3 N–H and O–H groups in total. The average Bonchev–Trinajstić information content (AvgIpc) is 2.58. The van der Waals surface area contributed by atoms with Crippen molar-refractivity contribution in [2.24, 2.45) is 11.7 Å². The molecule has 2 atom stereocenters. The van der Waals surface area contributed by atoms with E-state index < -0.39 is 6.10 Å². The van der Waals surface area contributed by atoms with Gasteiger partial charge in [-0.1, -0.05) is 61.9 Å². The van der Waals surface area contributed by atoms with Crippen LogP contribution in [0, 0.1) is 12.8 Å². The maximum absolute atomic E-state index is 12.4. The Hall–Kier alpha value is -1.39. The number of nitrogens with one attached hydrogen (secondary N) is 1. The first-order chi connectivity index (χ1) is 11.6. The van der Waals surface area contributed by atoms with Crippen LogP contribution in [-0.2, 0) is 16.0 Å². The number of rotatable bonds is 8. The van der Waals surface area contributed by atoms with Crippen molar-refractivity contribution in [3.05, 3.63) is 35.4 Å². The summed E-state index contributed by atoms with van der Waals surface area (Å²) in [5.41, 5.74) is 8.74. The predicted molar refractivity (Wildman–Crippen MR) is 97.9 cm³/mol. The number of methoxy groups -OCH3 is 1. The molecule has 1 unspecified atom stereocenters. The summed E-state index contributed by atoms with van der Waals surface area (Å²) in [6.45, 7) is 2.68. The highest BCUT2D eigenvalue weighted by molar-refractivity contribution is 5.81. The maximum atomic E-state index is 12.4. The van der Waals surface area contributed by atoms with Crippen molar-refractivity contribution in [1.82, 2.24) is 5.32 Å². The minimum absolute atomic E-state index is 0.0899. The number of hydrogen-bond donors (Lipinski definition) is 2. The lowest BCUT2D eigenvalue weighted by Crippen LogP contribution is -2.48. The molecule has 0 saturated heterocycles. The molecule has 1 saturated carbocycles. The van der Waals surface area contributed by atoms with E-state index in [4.69, 9.17) is 10.5 Å². The highest BCUT2D eigenvalue weighted by Crippen LogP contribution is 2.27. The van der Waals surface area contributed by atoms with Gasteiger partial charge >= 0.3 is 0 Å². The number of ether oxygens (including phenoxy) is 1. The van der Waals surface area contributed by atoms with Crippen molar-refractivity contribution in [3.63, 3.8) is 0 Å². The van der Waals surface area contributed by atoms with Crippen molar-refractivity contribution < 1.29 is 9.53 Å². The molecule has 1 aliphatic carbocycles. The summed E-state index contributed by atoms with van der Waals surface area (Å²) >= 11 is 0. The van der Waals surface area contributed by atoms with Crippen LogP contribution in [0.4, 0.5) is 0 Å². The van der Waals surface area contributed by atoms with E-state index in [1.54, 1.807) is 7.11 Å². The minimum atomic E-state index is -0.551. The van der Waals surface area contributed by atoms with Gasteiger partial charge in [-0.2, -0.15) is 0 Å². The summed E-state index contributed by atoms with van der Waals surface area (Å²) in [5, 5.41) is 2.97. The number of hydrogen-bond acceptors (Lipinski definition) is 3. The van der Waals surface area contributed by atoms with Crippen molar-refractivity contribution >= 4 is 5.91 Å². The smallest absolute Gasteiger partial charge is 0.250 e.